The highest BCUT2D eigenvalue weighted by molar-refractivity contribution is 6.09. The minimum Gasteiger partial charge on any atom is -0.298 e. The highest BCUT2D eigenvalue weighted by atomic mass is 16.1. The molecule has 1 aliphatic heterocycles. The van der Waals surface area contributed by atoms with Crippen LogP contribution in [-0.2, 0) is 7.05 Å². The number of rotatable bonds is 3. The fourth-order valence-corrected chi connectivity index (χ4v) is 3.04. The van der Waals surface area contributed by atoms with Gasteiger partial charge < -0.3 is 0 Å². The van der Waals surface area contributed by atoms with E-state index < -0.39 is 0 Å². The topological polar surface area (TPSA) is 50.5 Å². The quantitative estimate of drug-likeness (QED) is 0.633. The van der Waals surface area contributed by atoms with Crippen LogP contribution >= 0.6 is 0 Å². The van der Waals surface area contributed by atoms with E-state index in [9.17, 15) is 4.79 Å². The van der Waals surface area contributed by atoms with Gasteiger partial charge in [0.2, 0.25) is 0 Å². The smallest absolute Gasteiger partial charge is 0.261 e. The Kier molecular flexibility index (Phi) is 5.34. The van der Waals surface area contributed by atoms with Crippen molar-refractivity contribution in [2.75, 3.05) is 20.6 Å². The van der Waals surface area contributed by atoms with Crippen molar-refractivity contribution >= 4 is 16.6 Å². The SMILES string of the molecule is CC/C=C\C(C#Cc1ccc2c(=O)n(C)c(C3CCN3C)nc2c1)=NC. The predicted molar refractivity (Wildman–Crippen MR) is 107 cm³/mol. The Balaban J connectivity index is 2.02. The van der Waals surface area contributed by atoms with Crippen molar-refractivity contribution in [1.82, 2.24) is 14.5 Å². The molecule has 1 fully saturated rings. The van der Waals surface area contributed by atoms with Crippen LogP contribution in [0.25, 0.3) is 10.9 Å². The maximum absolute atomic E-state index is 12.7. The van der Waals surface area contributed by atoms with Gasteiger partial charge in [-0.3, -0.25) is 19.3 Å². The third kappa shape index (κ3) is 3.47. The van der Waals surface area contributed by atoms with Crippen molar-refractivity contribution in [3.8, 4) is 11.8 Å². The lowest BCUT2D eigenvalue weighted by molar-refractivity contribution is 0.116. The molecule has 0 spiro atoms. The molecular weight excluding hydrogens is 324 g/mol. The van der Waals surface area contributed by atoms with E-state index in [1.165, 1.54) is 0 Å². The largest absolute Gasteiger partial charge is 0.298 e. The van der Waals surface area contributed by atoms with Gasteiger partial charge >= 0.3 is 0 Å². The minimum atomic E-state index is -0.00787. The number of fused-ring (bicyclic) bond motifs is 1. The number of benzene rings is 1. The summed E-state index contributed by atoms with van der Waals surface area (Å²) in [7, 11) is 5.59. The van der Waals surface area contributed by atoms with Crippen LogP contribution < -0.4 is 5.56 Å². The molecule has 0 amide bonds. The number of aliphatic imine (C=N–C) groups is 1. The predicted octanol–water partition coefficient (Wildman–Crippen LogP) is 2.70. The standard InChI is InChI=1S/C21H24N4O/c1-5-6-7-16(22-2)10-8-15-9-11-17-18(14-15)23-20(25(4)21(17)26)19-12-13-24(19)3/h6-7,9,11,14,19H,5,12-13H2,1-4H3/b7-6-,22-16?. The molecule has 134 valence electrons. The average Bonchev–Trinajstić information content (AvgIpc) is 2.64. The molecule has 0 N–H and O–H groups in total. The van der Waals surface area contributed by atoms with E-state index in [0.717, 1.165) is 36.5 Å². The average molecular weight is 348 g/mol. The number of likely N-dealkylation sites (tertiary alicyclic amines) is 1. The van der Waals surface area contributed by atoms with Crippen molar-refractivity contribution in [1.29, 1.82) is 0 Å². The van der Waals surface area contributed by atoms with Crippen LogP contribution in [0, 0.1) is 11.8 Å². The summed E-state index contributed by atoms with van der Waals surface area (Å²) in [5.74, 6) is 7.02. The number of allylic oxidation sites excluding steroid dienone is 2. The highest BCUT2D eigenvalue weighted by Gasteiger charge is 2.29. The Labute approximate surface area is 154 Å². The van der Waals surface area contributed by atoms with Crippen molar-refractivity contribution in [3.63, 3.8) is 0 Å². The lowest BCUT2D eigenvalue weighted by atomic mass is 10.0. The first-order valence-corrected chi connectivity index (χ1v) is 8.91. The van der Waals surface area contributed by atoms with Crippen LogP contribution in [-0.4, -0.2) is 40.8 Å². The molecule has 1 unspecified atom stereocenters. The Bertz CT molecular complexity index is 1000. The second kappa shape index (κ2) is 7.67. The summed E-state index contributed by atoms with van der Waals surface area (Å²) in [6.45, 7) is 3.11. The Morgan fingerprint density at radius 2 is 2.23 bits per heavy atom. The van der Waals surface area contributed by atoms with E-state index in [2.05, 4.69) is 35.7 Å². The molecule has 5 heteroatoms. The molecule has 5 nitrogen and oxygen atoms in total. The Hall–Kier alpha value is -2.71. The Morgan fingerprint density at radius 1 is 1.42 bits per heavy atom. The number of nitrogens with zero attached hydrogens (tertiary/aromatic N) is 4. The first-order chi connectivity index (χ1) is 12.5. The zero-order chi connectivity index (χ0) is 18.7. The molecule has 0 bridgehead atoms. The summed E-state index contributed by atoms with van der Waals surface area (Å²) in [6.07, 6.45) is 5.93. The molecule has 0 saturated carbocycles. The van der Waals surface area contributed by atoms with E-state index in [0.29, 0.717) is 10.9 Å². The van der Waals surface area contributed by atoms with Crippen LogP contribution in [0.1, 0.15) is 37.2 Å². The lowest BCUT2D eigenvalue weighted by Crippen LogP contribution is -2.41. The van der Waals surface area contributed by atoms with E-state index >= 15 is 0 Å². The van der Waals surface area contributed by atoms with Gasteiger partial charge in [-0.15, -0.1) is 0 Å². The summed E-state index contributed by atoms with van der Waals surface area (Å²) in [5.41, 5.74) is 2.26. The second-order valence-electron chi connectivity index (χ2n) is 6.52. The second-order valence-corrected chi connectivity index (χ2v) is 6.52. The van der Waals surface area contributed by atoms with Crippen LogP contribution in [0.2, 0.25) is 0 Å². The van der Waals surface area contributed by atoms with Crippen molar-refractivity contribution in [2.45, 2.75) is 25.8 Å². The van der Waals surface area contributed by atoms with Gasteiger partial charge in [-0.05, 0) is 50.1 Å². The van der Waals surface area contributed by atoms with Crippen LogP contribution in [0.5, 0.6) is 0 Å². The third-order valence-electron chi connectivity index (χ3n) is 4.78. The minimum absolute atomic E-state index is 0.00787. The monoisotopic (exact) mass is 348 g/mol. The van der Waals surface area contributed by atoms with Gasteiger partial charge in [0.1, 0.15) is 11.5 Å². The molecule has 26 heavy (non-hydrogen) atoms. The first-order valence-electron chi connectivity index (χ1n) is 8.91. The van der Waals surface area contributed by atoms with Crippen molar-refractivity contribution < 1.29 is 0 Å². The molecule has 1 saturated heterocycles. The number of hydrogen-bond donors (Lipinski definition) is 0. The lowest BCUT2D eigenvalue weighted by Gasteiger charge is -2.37. The van der Waals surface area contributed by atoms with Crippen molar-refractivity contribution in [2.24, 2.45) is 12.0 Å². The molecule has 2 heterocycles. The summed E-state index contributed by atoms with van der Waals surface area (Å²) in [5, 5.41) is 0.624. The third-order valence-corrected chi connectivity index (χ3v) is 4.78. The summed E-state index contributed by atoms with van der Waals surface area (Å²) in [6, 6.07) is 5.78. The molecule has 0 radical (unpaired) electrons. The highest BCUT2D eigenvalue weighted by Crippen LogP contribution is 2.29. The number of aromatic nitrogens is 2. The Morgan fingerprint density at radius 3 is 2.85 bits per heavy atom. The summed E-state index contributed by atoms with van der Waals surface area (Å²) in [4.78, 5) is 23.8. The van der Waals surface area contributed by atoms with Gasteiger partial charge in [0.05, 0.1) is 16.9 Å². The van der Waals surface area contributed by atoms with E-state index in [-0.39, 0.29) is 11.6 Å². The van der Waals surface area contributed by atoms with E-state index in [1.54, 1.807) is 18.7 Å². The molecule has 2 aromatic rings. The normalized spacial score (nSPS) is 18.0. The molecule has 1 aromatic carbocycles. The summed E-state index contributed by atoms with van der Waals surface area (Å²) < 4.78 is 1.67. The number of hydrogen-bond acceptors (Lipinski definition) is 4. The zero-order valence-corrected chi connectivity index (χ0v) is 15.8. The van der Waals surface area contributed by atoms with Gasteiger partial charge in [0, 0.05) is 26.2 Å². The maximum Gasteiger partial charge on any atom is 0.261 e. The van der Waals surface area contributed by atoms with E-state index in [4.69, 9.17) is 4.98 Å². The van der Waals surface area contributed by atoms with Gasteiger partial charge in [-0.25, -0.2) is 4.98 Å². The van der Waals surface area contributed by atoms with Gasteiger partial charge in [-0.1, -0.05) is 18.9 Å². The fourth-order valence-electron chi connectivity index (χ4n) is 3.04. The molecule has 0 aliphatic carbocycles. The van der Waals surface area contributed by atoms with Crippen LogP contribution in [0.15, 0.2) is 40.1 Å². The van der Waals surface area contributed by atoms with Gasteiger partial charge in [0.15, 0.2) is 0 Å². The molecule has 1 aliphatic rings. The summed E-state index contributed by atoms with van der Waals surface area (Å²) >= 11 is 0. The maximum atomic E-state index is 12.7. The van der Waals surface area contributed by atoms with Gasteiger partial charge in [0.25, 0.3) is 5.56 Å². The van der Waals surface area contributed by atoms with Crippen LogP contribution in [0.4, 0.5) is 0 Å². The van der Waals surface area contributed by atoms with Crippen molar-refractivity contribution in [3.05, 3.63) is 52.1 Å². The zero-order valence-electron chi connectivity index (χ0n) is 15.8. The van der Waals surface area contributed by atoms with E-state index in [1.807, 2.05) is 30.4 Å². The molecule has 1 atom stereocenters. The molecular formula is C21H24N4O. The molecule has 1 aromatic heterocycles. The molecule has 3 rings (SSSR count). The van der Waals surface area contributed by atoms with Crippen LogP contribution in [0.3, 0.4) is 0 Å². The fraction of sp³-hybridized carbons (Fsp3) is 0.381. The first kappa shape index (κ1) is 18.1. The van der Waals surface area contributed by atoms with Gasteiger partial charge in [-0.2, -0.15) is 0 Å².